The molecule has 1 aromatic carbocycles. The zero-order valence-corrected chi connectivity index (χ0v) is 7.61. The monoisotopic (exact) mass is 172 g/mol. The van der Waals surface area contributed by atoms with Crippen LogP contribution in [0.4, 0.5) is 0 Å². The predicted molar refractivity (Wildman–Crippen MR) is 52.7 cm³/mol. The molecule has 0 aliphatic heterocycles. The summed E-state index contributed by atoms with van der Waals surface area (Å²) in [6.07, 6.45) is 1.89. The van der Waals surface area contributed by atoms with E-state index >= 15 is 0 Å². The fourth-order valence-electron chi connectivity index (χ4n) is 1.43. The Hall–Kier alpha value is -1.45. The van der Waals surface area contributed by atoms with Crippen LogP contribution in [0.2, 0.25) is 0 Å². The maximum Gasteiger partial charge on any atom is 0.122 e. The Balaban J connectivity index is 2.82. The maximum absolute atomic E-state index is 5.74. The van der Waals surface area contributed by atoms with Crippen LogP contribution in [0.1, 0.15) is 0 Å². The van der Waals surface area contributed by atoms with Gasteiger partial charge in [-0.3, -0.25) is 4.68 Å². The van der Waals surface area contributed by atoms with Crippen molar-refractivity contribution in [3.63, 3.8) is 0 Å². The van der Waals surface area contributed by atoms with Crippen LogP contribution in [0.5, 0.6) is 5.75 Å². The molecule has 0 atom stereocenters. The number of fused-ring (bicyclic) bond motifs is 1. The summed E-state index contributed by atoms with van der Waals surface area (Å²) in [5, 5.41) is 5.19. The van der Waals surface area contributed by atoms with Crippen LogP contribution in [-0.2, 0) is 7.05 Å². The van der Waals surface area contributed by atoms with Gasteiger partial charge in [-0.15, -0.1) is 0 Å². The molecule has 3 nitrogen and oxygen atoms in total. The number of hydrogen-bond donors (Lipinski definition) is 0. The van der Waals surface area contributed by atoms with Crippen LogP contribution < -0.4 is 10.2 Å². The molecule has 0 N–H and O–H groups in total. The number of aromatic nitrogens is 2. The molecule has 0 aliphatic carbocycles. The average Bonchev–Trinajstić information content (AvgIpc) is 2.45. The summed E-state index contributed by atoms with van der Waals surface area (Å²) in [5.74, 6) is 0.700. The van der Waals surface area contributed by atoms with Gasteiger partial charge in [0.15, 0.2) is 0 Å². The standard InChI is InChI=1S/C9H9BN2O/c1-12-5-6-8(11-12)4-3-7(10)9(6)13-2/h3-5H,1-2H3. The van der Waals surface area contributed by atoms with Gasteiger partial charge in [0.1, 0.15) is 13.6 Å². The molecule has 2 aromatic rings. The molecule has 2 radical (unpaired) electrons. The topological polar surface area (TPSA) is 27.1 Å². The molecule has 2 rings (SSSR count). The first-order valence-electron chi connectivity index (χ1n) is 3.98. The fourth-order valence-corrected chi connectivity index (χ4v) is 1.43. The van der Waals surface area contributed by atoms with E-state index in [0.29, 0.717) is 11.2 Å². The van der Waals surface area contributed by atoms with Gasteiger partial charge < -0.3 is 4.74 Å². The van der Waals surface area contributed by atoms with Gasteiger partial charge in [0.05, 0.1) is 18.0 Å². The average molecular weight is 172 g/mol. The molecule has 0 fully saturated rings. The van der Waals surface area contributed by atoms with Gasteiger partial charge in [-0.05, 0) is 6.07 Å². The van der Waals surface area contributed by atoms with Crippen LogP contribution in [0.3, 0.4) is 0 Å². The second-order valence-corrected chi connectivity index (χ2v) is 2.92. The predicted octanol–water partition coefficient (Wildman–Crippen LogP) is 0.376. The van der Waals surface area contributed by atoms with Crippen molar-refractivity contribution in [2.24, 2.45) is 7.05 Å². The number of ether oxygens (including phenoxy) is 1. The van der Waals surface area contributed by atoms with Crippen LogP contribution in [0.15, 0.2) is 18.3 Å². The smallest absolute Gasteiger partial charge is 0.122 e. The zero-order chi connectivity index (χ0) is 9.42. The van der Waals surface area contributed by atoms with E-state index < -0.39 is 0 Å². The van der Waals surface area contributed by atoms with E-state index in [1.807, 2.05) is 19.3 Å². The Kier molecular flexibility index (Phi) is 1.76. The van der Waals surface area contributed by atoms with Gasteiger partial charge in [-0.25, -0.2) is 0 Å². The summed E-state index contributed by atoms with van der Waals surface area (Å²) >= 11 is 0. The number of benzene rings is 1. The third kappa shape index (κ3) is 1.18. The van der Waals surface area contributed by atoms with Crippen molar-refractivity contribution in [3.05, 3.63) is 18.3 Å². The highest BCUT2D eigenvalue weighted by Gasteiger charge is 2.06. The highest BCUT2D eigenvalue weighted by molar-refractivity contribution is 6.35. The Labute approximate surface area is 77.7 Å². The lowest BCUT2D eigenvalue weighted by molar-refractivity contribution is 0.423. The summed E-state index contributed by atoms with van der Waals surface area (Å²) in [5.41, 5.74) is 1.54. The van der Waals surface area contributed by atoms with Gasteiger partial charge in [0.25, 0.3) is 0 Å². The fraction of sp³-hybridized carbons (Fsp3) is 0.222. The number of rotatable bonds is 1. The molecule has 1 heterocycles. The van der Waals surface area contributed by atoms with Crippen LogP contribution in [-0.4, -0.2) is 24.7 Å². The molecule has 0 bridgehead atoms. The zero-order valence-electron chi connectivity index (χ0n) is 7.61. The highest BCUT2D eigenvalue weighted by Crippen LogP contribution is 2.21. The number of methoxy groups -OCH3 is 1. The minimum Gasteiger partial charge on any atom is -0.497 e. The third-order valence-electron chi connectivity index (χ3n) is 1.99. The Morgan fingerprint density at radius 2 is 2.23 bits per heavy atom. The van der Waals surface area contributed by atoms with E-state index in [-0.39, 0.29) is 0 Å². The molecular weight excluding hydrogens is 163 g/mol. The van der Waals surface area contributed by atoms with Crippen LogP contribution in [0, 0.1) is 0 Å². The number of aryl methyl sites for hydroxylation is 1. The van der Waals surface area contributed by atoms with E-state index in [0.717, 1.165) is 10.9 Å². The molecule has 4 heteroatoms. The summed E-state index contributed by atoms with van der Waals surface area (Å²) < 4.78 is 6.94. The second kappa shape index (κ2) is 2.80. The van der Waals surface area contributed by atoms with E-state index in [2.05, 4.69) is 5.10 Å². The lowest BCUT2D eigenvalue weighted by atomic mass is 9.93. The SMILES string of the molecule is [B]c1ccc2nn(C)cc2c1OC. The summed E-state index contributed by atoms with van der Waals surface area (Å²) in [4.78, 5) is 0. The molecule has 1 aromatic heterocycles. The first kappa shape index (κ1) is 8.17. The van der Waals surface area contributed by atoms with E-state index in [4.69, 9.17) is 12.6 Å². The molecule has 0 saturated heterocycles. The largest absolute Gasteiger partial charge is 0.497 e. The molecule has 0 amide bonds. The van der Waals surface area contributed by atoms with Gasteiger partial charge in [-0.1, -0.05) is 11.5 Å². The molecule has 0 saturated carbocycles. The number of hydrogen-bond acceptors (Lipinski definition) is 2. The minimum atomic E-state index is 0.642. The van der Waals surface area contributed by atoms with Crippen molar-refractivity contribution in [3.8, 4) is 5.75 Å². The molecule has 64 valence electrons. The summed E-state index contributed by atoms with van der Waals surface area (Å²) in [7, 11) is 9.22. The lowest BCUT2D eigenvalue weighted by Crippen LogP contribution is -2.06. The first-order valence-corrected chi connectivity index (χ1v) is 3.98. The Morgan fingerprint density at radius 3 is 2.92 bits per heavy atom. The summed E-state index contributed by atoms with van der Waals surface area (Å²) in [6, 6.07) is 3.68. The quantitative estimate of drug-likeness (QED) is 0.581. The second-order valence-electron chi connectivity index (χ2n) is 2.92. The molecular formula is C9H9BN2O. The van der Waals surface area contributed by atoms with Crippen molar-refractivity contribution in [1.29, 1.82) is 0 Å². The Bertz CT molecular complexity index is 450. The minimum absolute atomic E-state index is 0.642. The van der Waals surface area contributed by atoms with E-state index in [1.54, 1.807) is 17.9 Å². The van der Waals surface area contributed by atoms with Gasteiger partial charge in [0.2, 0.25) is 0 Å². The summed E-state index contributed by atoms with van der Waals surface area (Å²) in [6.45, 7) is 0. The Morgan fingerprint density at radius 1 is 1.46 bits per heavy atom. The van der Waals surface area contributed by atoms with Crippen molar-refractivity contribution >= 4 is 24.2 Å². The van der Waals surface area contributed by atoms with Crippen LogP contribution >= 0.6 is 0 Å². The molecule has 0 aliphatic rings. The van der Waals surface area contributed by atoms with Crippen LogP contribution in [0.25, 0.3) is 10.9 Å². The van der Waals surface area contributed by atoms with Crippen molar-refractivity contribution in [2.45, 2.75) is 0 Å². The number of nitrogens with zero attached hydrogens (tertiary/aromatic N) is 2. The first-order chi connectivity index (χ1) is 6.22. The van der Waals surface area contributed by atoms with Gasteiger partial charge in [-0.2, -0.15) is 5.10 Å². The van der Waals surface area contributed by atoms with Crippen molar-refractivity contribution in [2.75, 3.05) is 7.11 Å². The van der Waals surface area contributed by atoms with Gasteiger partial charge >= 0.3 is 0 Å². The lowest BCUT2D eigenvalue weighted by Gasteiger charge is -2.04. The van der Waals surface area contributed by atoms with Gasteiger partial charge in [0, 0.05) is 13.2 Å². The normalized spacial score (nSPS) is 10.6. The van der Waals surface area contributed by atoms with Crippen molar-refractivity contribution in [1.82, 2.24) is 9.78 Å². The third-order valence-corrected chi connectivity index (χ3v) is 1.99. The maximum atomic E-state index is 5.74. The van der Waals surface area contributed by atoms with Crippen molar-refractivity contribution < 1.29 is 4.74 Å². The highest BCUT2D eigenvalue weighted by atomic mass is 16.5. The molecule has 0 spiro atoms. The van der Waals surface area contributed by atoms with E-state index in [9.17, 15) is 0 Å². The molecule has 13 heavy (non-hydrogen) atoms. The molecule has 0 unspecified atom stereocenters. The van der Waals surface area contributed by atoms with E-state index in [1.165, 1.54) is 0 Å².